The largest absolute Gasteiger partial charge is 0.416 e. The van der Waals surface area contributed by atoms with Crippen LogP contribution in [-0.2, 0) is 27.1 Å². The zero-order valence-corrected chi connectivity index (χ0v) is 23.6. The fourth-order valence-corrected chi connectivity index (χ4v) is 8.82. The number of thiophene rings is 1. The van der Waals surface area contributed by atoms with Crippen LogP contribution in [0, 0.1) is 12.8 Å². The van der Waals surface area contributed by atoms with Gasteiger partial charge in [0.1, 0.15) is 11.8 Å². The molecule has 13 heteroatoms. The Morgan fingerprint density at radius 1 is 1.00 bits per heavy atom. The molecule has 7 nitrogen and oxygen atoms in total. The number of imide groups is 1. The molecule has 6 rings (SSSR count). The van der Waals surface area contributed by atoms with Crippen LogP contribution in [0.3, 0.4) is 0 Å². The average Bonchev–Trinajstić information content (AvgIpc) is 3.62. The van der Waals surface area contributed by atoms with Crippen molar-refractivity contribution in [2.75, 3.05) is 10.2 Å². The highest BCUT2D eigenvalue weighted by molar-refractivity contribution is 8.00. The van der Waals surface area contributed by atoms with Gasteiger partial charge < -0.3 is 5.32 Å². The molecule has 2 unspecified atom stereocenters. The number of thiazole rings is 1. The van der Waals surface area contributed by atoms with E-state index < -0.39 is 52.1 Å². The van der Waals surface area contributed by atoms with Gasteiger partial charge in [0.2, 0.25) is 17.7 Å². The summed E-state index contributed by atoms with van der Waals surface area (Å²) in [7, 11) is 0. The molecule has 0 bridgehead atoms. The summed E-state index contributed by atoms with van der Waals surface area (Å²) in [5, 5.41) is 3.87. The third-order valence-electron chi connectivity index (χ3n) is 6.97. The maximum atomic E-state index is 13.8. The maximum absolute atomic E-state index is 13.8. The van der Waals surface area contributed by atoms with Gasteiger partial charge in [0, 0.05) is 21.4 Å². The summed E-state index contributed by atoms with van der Waals surface area (Å²) in [6.45, 7) is 1.44. The van der Waals surface area contributed by atoms with Gasteiger partial charge >= 0.3 is 11.0 Å². The van der Waals surface area contributed by atoms with Crippen LogP contribution in [0.25, 0.3) is 0 Å². The van der Waals surface area contributed by atoms with E-state index in [1.165, 1.54) is 32.9 Å². The summed E-state index contributed by atoms with van der Waals surface area (Å²) >= 11 is 3.40. The first-order valence-corrected chi connectivity index (χ1v) is 15.0. The molecule has 2 aliphatic heterocycles. The van der Waals surface area contributed by atoms with Crippen molar-refractivity contribution < 1.29 is 27.6 Å². The Morgan fingerprint density at radius 3 is 2.44 bits per heavy atom. The van der Waals surface area contributed by atoms with Crippen LogP contribution in [-0.4, -0.2) is 27.5 Å². The van der Waals surface area contributed by atoms with E-state index in [0.29, 0.717) is 15.6 Å². The number of anilines is 2. The number of carbonyl (C=O) groups is 3. The van der Waals surface area contributed by atoms with Crippen LogP contribution in [0.5, 0.6) is 0 Å². The molecular weight excluding hydrogens is 596 g/mol. The number of nitrogens with one attached hydrogen (secondary N) is 1. The monoisotopic (exact) mass is 615 g/mol. The Bertz CT molecular complexity index is 1730. The fourth-order valence-electron chi connectivity index (χ4n) is 5.10. The van der Waals surface area contributed by atoms with Crippen molar-refractivity contribution >= 4 is 63.5 Å². The number of hydrogen-bond acceptors (Lipinski definition) is 7. The molecule has 4 aromatic rings. The number of aryl methyl sites for hydroxylation is 1. The van der Waals surface area contributed by atoms with E-state index in [1.807, 2.05) is 36.6 Å². The van der Waals surface area contributed by atoms with Gasteiger partial charge in [0.25, 0.3) is 0 Å². The molecule has 1 N–H and O–H groups in total. The second-order valence-electron chi connectivity index (χ2n) is 9.66. The summed E-state index contributed by atoms with van der Waals surface area (Å²) in [5.41, 5.74) is 0.470. The predicted molar refractivity (Wildman–Crippen MR) is 152 cm³/mol. The Balaban J connectivity index is 1.35. The van der Waals surface area contributed by atoms with Gasteiger partial charge in [-0.25, -0.2) is 4.90 Å². The lowest BCUT2D eigenvalue weighted by Crippen LogP contribution is -2.32. The number of benzene rings is 2. The highest BCUT2D eigenvalue weighted by atomic mass is 32.2. The molecule has 2 aliphatic rings. The Morgan fingerprint density at radius 2 is 1.76 bits per heavy atom. The van der Waals surface area contributed by atoms with Gasteiger partial charge in [-0.05, 0) is 48.7 Å². The van der Waals surface area contributed by atoms with Gasteiger partial charge in [-0.1, -0.05) is 52.9 Å². The van der Waals surface area contributed by atoms with Crippen LogP contribution < -0.4 is 15.1 Å². The molecule has 210 valence electrons. The lowest BCUT2D eigenvalue weighted by Gasteiger charge is -2.29. The average molecular weight is 616 g/mol. The Kier molecular flexibility index (Phi) is 6.91. The standard InChI is InChI=1S/C28H20F3N3O4S3/c1-14-7-9-17(10-8-14)34-24(36)21-20(18-6-3-11-39-18)23-26(40-22(21)25(34)37)33(27(38)41-23)13-19(35)32-16-5-2-4-15(12-16)28(29,30)31/h2-12,20-22H,13H2,1H3,(H,32,35)/t20-,21?,22?/m1/s1. The van der Waals surface area contributed by atoms with E-state index in [9.17, 15) is 32.3 Å². The lowest BCUT2D eigenvalue weighted by molar-refractivity contribution is -0.137. The Hall–Kier alpha value is -3.68. The molecule has 0 aliphatic carbocycles. The third-order valence-corrected chi connectivity index (χ3v) is 10.5. The molecule has 0 spiro atoms. The number of rotatable bonds is 5. The van der Waals surface area contributed by atoms with Crippen molar-refractivity contribution in [2.45, 2.75) is 35.8 Å². The lowest BCUT2D eigenvalue weighted by atomic mass is 9.87. The number of amides is 3. The first kappa shape index (κ1) is 27.5. The number of nitrogens with zero attached hydrogens (tertiary/aromatic N) is 2. The van der Waals surface area contributed by atoms with Gasteiger partial charge in [0.15, 0.2) is 0 Å². The minimum Gasteiger partial charge on any atom is -0.325 e. The minimum absolute atomic E-state index is 0.0588. The molecule has 3 amide bonds. The van der Waals surface area contributed by atoms with E-state index in [1.54, 1.807) is 12.1 Å². The highest BCUT2D eigenvalue weighted by Crippen LogP contribution is 2.54. The smallest absolute Gasteiger partial charge is 0.325 e. The van der Waals surface area contributed by atoms with E-state index in [-0.39, 0.29) is 11.6 Å². The highest BCUT2D eigenvalue weighted by Gasteiger charge is 2.57. The van der Waals surface area contributed by atoms with Crippen molar-refractivity contribution in [3.8, 4) is 0 Å². The molecule has 3 atom stereocenters. The first-order valence-electron chi connectivity index (χ1n) is 12.4. The number of carbonyl (C=O) groups excluding carboxylic acids is 3. The van der Waals surface area contributed by atoms with E-state index in [4.69, 9.17) is 0 Å². The third kappa shape index (κ3) is 4.91. The van der Waals surface area contributed by atoms with Crippen molar-refractivity contribution in [1.29, 1.82) is 0 Å². The van der Waals surface area contributed by atoms with Crippen molar-refractivity contribution in [2.24, 2.45) is 5.92 Å². The van der Waals surface area contributed by atoms with Crippen molar-refractivity contribution in [3.05, 3.63) is 96.6 Å². The second kappa shape index (κ2) is 10.3. The number of thioether (sulfide) groups is 1. The summed E-state index contributed by atoms with van der Waals surface area (Å²) < 4.78 is 40.6. The summed E-state index contributed by atoms with van der Waals surface area (Å²) in [6, 6.07) is 15.0. The molecular formula is C28H20F3N3O4S3. The van der Waals surface area contributed by atoms with Gasteiger partial charge in [-0.3, -0.25) is 23.7 Å². The van der Waals surface area contributed by atoms with E-state index >= 15 is 0 Å². The molecule has 1 fully saturated rings. The van der Waals surface area contributed by atoms with Gasteiger partial charge in [-0.2, -0.15) is 13.2 Å². The predicted octanol–water partition coefficient (Wildman–Crippen LogP) is 5.73. The number of aromatic nitrogens is 1. The SMILES string of the molecule is Cc1ccc(N2C(=O)C3Sc4c(sc(=O)n4CC(=O)Nc4cccc(C(F)(F)F)c4)[C@H](c4cccs4)C3C2=O)cc1. The normalized spacial score (nSPS) is 20.2. The number of fused-ring (bicyclic) bond motifs is 2. The zero-order chi connectivity index (χ0) is 29.1. The second-order valence-corrected chi connectivity index (χ2v) is 12.8. The number of alkyl halides is 3. The zero-order valence-electron chi connectivity index (χ0n) is 21.2. The topological polar surface area (TPSA) is 88.5 Å². The number of halogens is 3. The van der Waals surface area contributed by atoms with Gasteiger partial charge in [-0.15, -0.1) is 11.3 Å². The van der Waals surface area contributed by atoms with Crippen LogP contribution in [0.4, 0.5) is 24.5 Å². The summed E-state index contributed by atoms with van der Waals surface area (Å²) in [4.78, 5) is 55.7. The fraction of sp³-hybridized carbons (Fsp3) is 0.214. The summed E-state index contributed by atoms with van der Waals surface area (Å²) in [6.07, 6.45) is -4.58. The van der Waals surface area contributed by atoms with Crippen molar-refractivity contribution in [3.63, 3.8) is 0 Å². The maximum Gasteiger partial charge on any atom is 0.416 e. The van der Waals surface area contributed by atoms with E-state index in [2.05, 4.69) is 5.32 Å². The molecule has 0 saturated carbocycles. The van der Waals surface area contributed by atoms with E-state index in [0.717, 1.165) is 45.7 Å². The molecule has 0 radical (unpaired) electrons. The molecule has 1 saturated heterocycles. The van der Waals surface area contributed by atoms with Crippen LogP contribution in [0.2, 0.25) is 0 Å². The van der Waals surface area contributed by atoms with Crippen molar-refractivity contribution in [1.82, 2.24) is 4.57 Å². The molecule has 4 heterocycles. The molecule has 2 aromatic heterocycles. The molecule has 41 heavy (non-hydrogen) atoms. The van der Waals surface area contributed by atoms with Crippen LogP contribution in [0.1, 0.15) is 26.8 Å². The molecule has 2 aromatic carbocycles. The van der Waals surface area contributed by atoms with Crippen LogP contribution in [0.15, 0.2) is 75.9 Å². The Labute approximate surface area is 243 Å². The first-order chi connectivity index (χ1) is 19.5. The minimum atomic E-state index is -4.58. The summed E-state index contributed by atoms with van der Waals surface area (Å²) in [5.74, 6) is -2.76. The quantitative estimate of drug-likeness (QED) is 0.290. The number of hydrogen-bond donors (Lipinski definition) is 1. The van der Waals surface area contributed by atoms with Gasteiger partial charge in [0.05, 0.1) is 22.2 Å². The van der Waals surface area contributed by atoms with Crippen LogP contribution >= 0.6 is 34.4 Å².